The second kappa shape index (κ2) is 6.75. The predicted octanol–water partition coefficient (Wildman–Crippen LogP) is 3.42. The Balaban J connectivity index is 0.00000161. The minimum atomic E-state index is -0.282. The Bertz CT molecular complexity index is 509. The topological polar surface area (TPSA) is 41.1 Å². The van der Waals surface area contributed by atoms with Crippen molar-refractivity contribution < 1.29 is 9.18 Å². The summed E-state index contributed by atoms with van der Waals surface area (Å²) in [5, 5.41) is 6.30. The first kappa shape index (κ1) is 16.2. The van der Waals surface area contributed by atoms with Gasteiger partial charge in [-0.05, 0) is 44.2 Å². The molecule has 1 saturated carbocycles. The molecule has 0 bridgehead atoms. The molecule has 1 aromatic rings. The number of carbonyl (C=O) groups is 1. The summed E-state index contributed by atoms with van der Waals surface area (Å²) in [6.45, 7) is 1.69. The van der Waals surface area contributed by atoms with Crippen LogP contribution in [0.4, 0.5) is 10.1 Å². The lowest BCUT2D eigenvalue weighted by Crippen LogP contribution is -2.40. The molecular weight excluding hydrogens is 291 g/mol. The molecule has 0 aromatic heterocycles. The number of hydrogen-bond donors (Lipinski definition) is 2. The summed E-state index contributed by atoms with van der Waals surface area (Å²) in [5.41, 5.74) is 1.07. The Kier molecular flexibility index (Phi) is 5.22. The van der Waals surface area contributed by atoms with E-state index in [-0.39, 0.29) is 30.2 Å². The van der Waals surface area contributed by atoms with Gasteiger partial charge in [-0.15, -0.1) is 12.4 Å². The van der Waals surface area contributed by atoms with Crippen molar-refractivity contribution in [3.8, 4) is 0 Å². The maximum atomic E-state index is 13.5. The van der Waals surface area contributed by atoms with E-state index in [1.165, 1.54) is 31.7 Å². The quantitative estimate of drug-likeness (QED) is 0.878. The van der Waals surface area contributed by atoms with Crippen molar-refractivity contribution in [2.24, 2.45) is 5.92 Å². The van der Waals surface area contributed by atoms with E-state index in [9.17, 15) is 9.18 Å². The molecule has 21 heavy (non-hydrogen) atoms. The van der Waals surface area contributed by atoms with E-state index in [4.69, 9.17) is 0 Å². The lowest BCUT2D eigenvalue weighted by molar-refractivity contribution is -0.117. The van der Waals surface area contributed by atoms with Gasteiger partial charge < -0.3 is 10.6 Å². The Hall–Kier alpha value is -1.13. The number of anilines is 1. The number of amides is 1. The van der Waals surface area contributed by atoms with E-state index >= 15 is 0 Å². The lowest BCUT2D eigenvalue weighted by Gasteiger charge is -2.24. The number of halogens is 2. The zero-order valence-electron chi connectivity index (χ0n) is 12.2. The molecule has 0 radical (unpaired) electrons. The van der Waals surface area contributed by atoms with Crippen molar-refractivity contribution in [3.05, 3.63) is 29.6 Å². The summed E-state index contributed by atoms with van der Waals surface area (Å²) in [6.07, 6.45) is 5.84. The third kappa shape index (κ3) is 3.38. The molecule has 3 rings (SSSR count). The Labute approximate surface area is 131 Å². The molecule has 5 heteroatoms. The zero-order valence-corrected chi connectivity index (χ0v) is 13.0. The monoisotopic (exact) mass is 312 g/mol. The number of carbonyl (C=O) groups excluding carboxylic acids is 1. The van der Waals surface area contributed by atoms with Crippen LogP contribution in [0.5, 0.6) is 0 Å². The molecular formula is C16H22ClFN2O. The van der Waals surface area contributed by atoms with Gasteiger partial charge in [0.25, 0.3) is 0 Å². The van der Waals surface area contributed by atoms with Crippen LogP contribution < -0.4 is 10.6 Å². The SMILES string of the molecule is Cc1c(F)cccc1NC(=O)C1CC2CCCCC2N1.Cl. The molecule has 1 saturated heterocycles. The molecule has 2 aliphatic rings. The van der Waals surface area contributed by atoms with Crippen molar-refractivity contribution >= 4 is 24.0 Å². The van der Waals surface area contributed by atoms with Crippen LogP contribution in [0.3, 0.4) is 0 Å². The van der Waals surface area contributed by atoms with Gasteiger partial charge in [-0.3, -0.25) is 4.79 Å². The molecule has 1 aliphatic heterocycles. The molecule has 2 fully saturated rings. The van der Waals surface area contributed by atoms with Gasteiger partial charge in [0.05, 0.1) is 6.04 Å². The maximum Gasteiger partial charge on any atom is 0.241 e. The van der Waals surface area contributed by atoms with Gasteiger partial charge in [-0.25, -0.2) is 4.39 Å². The van der Waals surface area contributed by atoms with Crippen LogP contribution in [0, 0.1) is 18.7 Å². The molecule has 1 amide bonds. The van der Waals surface area contributed by atoms with Crippen molar-refractivity contribution in [1.29, 1.82) is 0 Å². The number of rotatable bonds is 2. The first-order valence-corrected chi connectivity index (χ1v) is 7.47. The number of hydrogen-bond acceptors (Lipinski definition) is 2. The predicted molar refractivity (Wildman–Crippen MR) is 84.3 cm³/mol. The van der Waals surface area contributed by atoms with Gasteiger partial charge in [0.2, 0.25) is 5.91 Å². The molecule has 1 aromatic carbocycles. The van der Waals surface area contributed by atoms with E-state index in [2.05, 4.69) is 10.6 Å². The van der Waals surface area contributed by atoms with Crippen LogP contribution in [0.2, 0.25) is 0 Å². The summed E-state index contributed by atoms with van der Waals surface area (Å²) >= 11 is 0. The minimum Gasteiger partial charge on any atom is -0.324 e. The minimum absolute atomic E-state index is 0. The summed E-state index contributed by atoms with van der Waals surface area (Å²) < 4.78 is 13.5. The molecule has 3 atom stereocenters. The molecule has 3 nitrogen and oxygen atoms in total. The average Bonchev–Trinajstić information content (AvgIpc) is 2.88. The molecule has 2 N–H and O–H groups in total. The third-order valence-electron chi connectivity index (χ3n) is 4.70. The van der Waals surface area contributed by atoms with Crippen molar-refractivity contribution in [1.82, 2.24) is 5.32 Å². The molecule has 1 aliphatic carbocycles. The summed E-state index contributed by atoms with van der Waals surface area (Å²) in [5.74, 6) is 0.317. The van der Waals surface area contributed by atoms with Gasteiger partial charge in [0, 0.05) is 17.3 Å². The highest BCUT2D eigenvalue weighted by molar-refractivity contribution is 5.95. The standard InChI is InChI=1S/C16H21FN2O.ClH/c1-10-12(17)6-4-8-13(10)19-16(20)15-9-11-5-2-3-7-14(11)18-15;/h4,6,8,11,14-15,18H,2-3,5,7,9H2,1H3,(H,19,20);1H. The van der Waals surface area contributed by atoms with Gasteiger partial charge in [0.1, 0.15) is 5.82 Å². The van der Waals surface area contributed by atoms with Gasteiger partial charge >= 0.3 is 0 Å². The Morgan fingerprint density at radius 2 is 2.10 bits per heavy atom. The summed E-state index contributed by atoms with van der Waals surface area (Å²) in [6, 6.07) is 5.14. The fraction of sp³-hybridized carbons (Fsp3) is 0.562. The zero-order chi connectivity index (χ0) is 14.1. The van der Waals surface area contributed by atoms with Gasteiger partial charge in [0.15, 0.2) is 0 Å². The van der Waals surface area contributed by atoms with E-state index in [0.717, 1.165) is 6.42 Å². The Morgan fingerprint density at radius 3 is 2.86 bits per heavy atom. The number of fused-ring (bicyclic) bond motifs is 1. The van der Waals surface area contributed by atoms with E-state index in [1.807, 2.05) is 0 Å². The number of benzene rings is 1. The van der Waals surface area contributed by atoms with Crippen LogP contribution in [-0.4, -0.2) is 18.0 Å². The largest absolute Gasteiger partial charge is 0.324 e. The second-order valence-corrected chi connectivity index (χ2v) is 6.01. The van der Waals surface area contributed by atoms with E-state index in [1.54, 1.807) is 19.1 Å². The van der Waals surface area contributed by atoms with Gasteiger partial charge in [-0.1, -0.05) is 18.9 Å². The fourth-order valence-electron chi connectivity index (χ4n) is 3.48. The van der Waals surface area contributed by atoms with Crippen LogP contribution in [0.1, 0.15) is 37.7 Å². The normalized spacial score (nSPS) is 27.6. The van der Waals surface area contributed by atoms with Crippen LogP contribution >= 0.6 is 12.4 Å². The van der Waals surface area contributed by atoms with E-state index < -0.39 is 0 Å². The van der Waals surface area contributed by atoms with Crippen LogP contribution in [0.15, 0.2) is 18.2 Å². The third-order valence-corrected chi connectivity index (χ3v) is 4.70. The molecule has 116 valence electrons. The smallest absolute Gasteiger partial charge is 0.241 e. The second-order valence-electron chi connectivity index (χ2n) is 6.01. The highest BCUT2D eigenvalue weighted by atomic mass is 35.5. The van der Waals surface area contributed by atoms with Crippen LogP contribution in [-0.2, 0) is 4.79 Å². The highest BCUT2D eigenvalue weighted by Gasteiger charge is 2.38. The average molecular weight is 313 g/mol. The fourth-order valence-corrected chi connectivity index (χ4v) is 3.48. The molecule has 3 unspecified atom stereocenters. The molecule has 1 heterocycles. The highest BCUT2D eigenvalue weighted by Crippen LogP contribution is 2.33. The first-order chi connectivity index (χ1) is 9.65. The summed E-state index contributed by atoms with van der Waals surface area (Å²) in [4.78, 5) is 12.3. The van der Waals surface area contributed by atoms with Crippen molar-refractivity contribution in [2.75, 3.05) is 5.32 Å². The van der Waals surface area contributed by atoms with Crippen molar-refractivity contribution in [2.45, 2.75) is 51.1 Å². The first-order valence-electron chi connectivity index (χ1n) is 7.47. The summed E-state index contributed by atoms with van der Waals surface area (Å²) in [7, 11) is 0. The van der Waals surface area contributed by atoms with Gasteiger partial charge in [-0.2, -0.15) is 0 Å². The molecule has 0 spiro atoms. The van der Waals surface area contributed by atoms with E-state index in [0.29, 0.717) is 23.2 Å². The lowest BCUT2D eigenvalue weighted by atomic mass is 9.85. The van der Waals surface area contributed by atoms with Crippen LogP contribution in [0.25, 0.3) is 0 Å². The van der Waals surface area contributed by atoms with Crippen molar-refractivity contribution in [3.63, 3.8) is 0 Å². The number of nitrogens with one attached hydrogen (secondary N) is 2. The Morgan fingerprint density at radius 1 is 1.33 bits per heavy atom. The maximum absolute atomic E-state index is 13.5.